The molecule has 1 aliphatic heterocycles. The summed E-state index contributed by atoms with van der Waals surface area (Å²) >= 11 is 1.93. The number of thioether (sulfide) groups is 1. The smallest absolute Gasteiger partial charge is 0.410 e. The van der Waals surface area contributed by atoms with Crippen LogP contribution in [0, 0.1) is 0 Å². The van der Waals surface area contributed by atoms with Crippen molar-refractivity contribution in [3.05, 3.63) is 35.9 Å². The van der Waals surface area contributed by atoms with Gasteiger partial charge in [-0.15, -0.1) is 0 Å². The van der Waals surface area contributed by atoms with E-state index in [9.17, 15) is 4.79 Å². The number of ether oxygens (including phenoxy) is 1. The molecule has 1 aromatic rings. The third-order valence-electron chi connectivity index (χ3n) is 3.16. The predicted molar refractivity (Wildman–Crippen MR) is 84.1 cm³/mol. The van der Waals surface area contributed by atoms with E-state index in [0.29, 0.717) is 5.25 Å². The molecule has 0 aliphatic carbocycles. The van der Waals surface area contributed by atoms with Crippen LogP contribution in [0.2, 0.25) is 0 Å². The molecule has 0 radical (unpaired) electrons. The molecule has 0 aromatic heterocycles. The summed E-state index contributed by atoms with van der Waals surface area (Å²) in [7, 11) is 0. The molecule has 20 heavy (non-hydrogen) atoms. The third kappa shape index (κ3) is 4.44. The summed E-state index contributed by atoms with van der Waals surface area (Å²) in [5.41, 5.74) is 0.929. The van der Waals surface area contributed by atoms with Crippen LogP contribution in [-0.2, 0) is 4.74 Å². The summed E-state index contributed by atoms with van der Waals surface area (Å²) in [6.45, 7) is 7.25. The summed E-state index contributed by atoms with van der Waals surface area (Å²) in [4.78, 5) is 13.9. The van der Waals surface area contributed by atoms with E-state index in [4.69, 9.17) is 4.74 Å². The first-order chi connectivity index (χ1) is 9.46. The lowest BCUT2D eigenvalue weighted by molar-refractivity contribution is 0.0263. The lowest BCUT2D eigenvalue weighted by atomic mass is 10.1. The van der Waals surface area contributed by atoms with Gasteiger partial charge in [0.05, 0.1) is 0 Å². The van der Waals surface area contributed by atoms with E-state index >= 15 is 0 Å². The zero-order valence-electron chi connectivity index (χ0n) is 12.5. The molecule has 0 spiro atoms. The van der Waals surface area contributed by atoms with Crippen molar-refractivity contribution in [3.63, 3.8) is 0 Å². The third-order valence-corrected chi connectivity index (χ3v) is 4.49. The van der Waals surface area contributed by atoms with Gasteiger partial charge in [-0.3, -0.25) is 0 Å². The van der Waals surface area contributed by atoms with E-state index < -0.39 is 5.60 Å². The summed E-state index contributed by atoms with van der Waals surface area (Å²) in [6.07, 6.45) is 0.792. The minimum absolute atomic E-state index is 0.188. The Bertz CT molecular complexity index is 442. The van der Waals surface area contributed by atoms with Gasteiger partial charge in [-0.1, -0.05) is 30.3 Å². The number of hydrogen-bond acceptors (Lipinski definition) is 3. The second-order valence-electron chi connectivity index (χ2n) is 6.03. The van der Waals surface area contributed by atoms with Crippen molar-refractivity contribution >= 4 is 17.9 Å². The van der Waals surface area contributed by atoms with Gasteiger partial charge >= 0.3 is 6.09 Å². The number of rotatable bonds is 1. The van der Waals surface area contributed by atoms with Crippen molar-refractivity contribution in [1.29, 1.82) is 0 Å². The van der Waals surface area contributed by atoms with Crippen molar-refractivity contribution < 1.29 is 9.53 Å². The van der Waals surface area contributed by atoms with Gasteiger partial charge in [0.2, 0.25) is 0 Å². The van der Waals surface area contributed by atoms with Gasteiger partial charge in [-0.05, 0) is 32.8 Å². The highest BCUT2D eigenvalue weighted by atomic mass is 32.2. The topological polar surface area (TPSA) is 29.5 Å². The monoisotopic (exact) mass is 293 g/mol. The fourth-order valence-electron chi connectivity index (χ4n) is 2.21. The summed E-state index contributed by atoms with van der Waals surface area (Å²) < 4.78 is 5.45. The maximum absolute atomic E-state index is 12.1. The maximum Gasteiger partial charge on any atom is 0.410 e. The van der Waals surface area contributed by atoms with Crippen LogP contribution in [0.5, 0.6) is 0 Å². The summed E-state index contributed by atoms with van der Waals surface area (Å²) in [6, 6.07) is 10.5. The molecular formula is C16H23NO2S. The SMILES string of the molecule is CC(C)(C)OC(=O)N1CCSC(c2ccccc2)CC1. The van der Waals surface area contributed by atoms with Crippen LogP contribution in [0.15, 0.2) is 30.3 Å². The van der Waals surface area contributed by atoms with E-state index in [1.807, 2.05) is 43.5 Å². The van der Waals surface area contributed by atoms with Gasteiger partial charge in [0, 0.05) is 24.1 Å². The first-order valence-corrected chi connectivity index (χ1v) is 8.15. The molecule has 1 saturated heterocycles. The molecule has 1 aromatic carbocycles. The Morgan fingerprint density at radius 3 is 2.60 bits per heavy atom. The van der Waals surface area contributed by atoms with Gasteiger partial charge in [0.15, 0.2) is 0 Å². The zero-order chi connectivity index (χ0) is 14.6. The fourth-order valence-corrected chi connectivity index (χ4v) is 3.44. The largest absolute Gasteiger partial charge is 0.444 e. The number of nitrogens with zero attached hydrogens (tertiary/aromatic N) is 1. The Morgan fingerprint density at radius 2 is 1.95 bits per heavy atom. The molecule has 0 N–H and O–H groups in total. The molecular weight excluding hydrogens is 270 g/mol. The molecule has 1 unspecified atom stereocenters. The molecule has 1 atom stereocenters. The Labute approximate surface area is 125 Å². The lowest BCUT2D eigenvalue weighted by Gasteiger charge is -2.26. The first kappa shape index (κ1) is 15.2. The van der Waals surface area contributed by atoms with Gasteiger partial charge < -0.3 is 9.64 Å². The van der Waals surface area contributed by atoms with E-state index in [1.165, 1.54) is 5.56 Å². The van der Waals surface area contributed by atoms with E-state index in [2.05, 4.69) is 24.3 Å². The zero-order valence-corrected chi connectivity index (χ0v) is 13.3. The average Bonchev–Trinajstić information content (AvgIpc) is 2.63. The van der Waals surface area contributed by atoms with Crippen molar-refractivity contribution in [2.45, 2.75) is 38.0 Å². The molecule has 4 heteroatoms. The van der Waals surface area contributed by atoms with Crippen molar-refractivity contribution in [2.75, 3.05) is 18.8 Å². The van der Waals surface area contributed by atoms with Crippen molar-refractivity contribution in [2.24, 2.45) is 0 Å². The molecule has 2 rings (SSSR count). The van der Waals surface area contributed by atoms with Crippen LogP contribution in [0.25, 0.3) is 0 Å². The molecule has 1 heterocycles. The number of benzene rings is 1. The number of carbonyl (C=O) groups is 1. The van der Waals surface area contributed by atoms with Gasteiger partial charge in [-0.25, -0.2) is 4.79 Å². The van der Waals surface area contributed by atoms with Gasteiger partial charge in [0.25, 0.3) is 0 Å². The van der Waals surface area contributed by atoms with Crippen LogP contribution in [0.4, 0.5) is 4.79 Å². The number of amides is 1. The first-order valence-electron chi connectivity index (χ1n) is 7.10. The quantitative estimate of drug-likeness (QED) is 0.780. The Hall–Kier alpha value is -1.16. The molecule has 0 bridgehead atoms. The van der Waals surface area contributed by atoms with E-state index in [1.54, 1.807) is 0 Å². The number of hydrogen-bond donors (Lipinski definition) is 0. The number of carbonyl (C=O) groups excluding carboxylic acids is 1. The molecule has 110 valence electrons. The van der Waals surface area contributed by atoms with Crippen LogP contribution in [-0.4, -0.2) is 35.4 Å². The lowest BCUT2D eigenvalue weighted by Crippen LogP contribution is -2.38. The Morgan fingerprint density at radius 1 is 1.25 bits per heavy atom. The van der Waals surface area contributed by atoms with Crippen LogP contribution in [0.1, 0.15) is 38.0 Å². The maximum atomic E-state index is 12.1. The normalized spacial score (nSPS) is 20.4. The van der Waals surface area contributed by atoms with Gasteiger partial charge in [0.1, 0.15) is 5.60 Å². The van der Waals surface area contributed by atoms with E-state index in [0.717, 1.165) is 25.3 Å². The second kappa shape index (κ2) is 6.53. The standard InChI is InChI=1S/C16H23NO2S/c1-16(2,3)19-15(18)17-10-9-14(20-12-11-17)13-7-5-4-6-8-13/h4-8,14H,9-12H2,1-3H3. The molecule has 1 amide bonds. The fraction of sp³-hybridized carbons (Fsp3) is 0.562. The average molecular weight is 293 g/mol. The van der Waals surface area contributed by atoms with Crippen molar-refractivity contribution in [1.82, 2.24) is 4.90 Å². The van der Waals surface area contributed by atoms with Crippen LogP contribution in [0.3, 0.4) is 0 Å². The Balaban J connectivity index is 1.94. The second-order valence-corrected chi connectivity index (χ2v) is 7.34. The van der Waals surface area contributed by atoms with E-state index in [-0.39, 0.29) is 6.09 Å². The predicted octanol–water partition coefficient (Wildman–Crippen LogP) is 4.10. The van der Waals surface area contributed by atoms with Crippen molar-refractivity contribution in [3.8, 4) is 0 Å². The Kier molecular flexibility index (Phi) is 4.97. The van der Waals surface area contributed by atoms with Gasteiger partial charge in [-0.2, -0.15) is 11.8 Å². The molecule has 0 saturated carbocycles. The van der Waals surface area contributed by atoms with Crippen LogP contribution < -0.4 is 0 Å². The minimum atomic E-state index is -0.421. The highest BCUT2D eigenvalue weighted by molar-refractivity contribution is 7.99. The highest BCUT2D eigenvalue weighted by Gasteiger charge is 2.25. The molecule has 1 fully saturated rings. The highest BCUT2D eigenvalue weighted by Crippen LogP contribution is 2.34. The summed E-state index contributed by atoms with van der Waals surface area (Å²) in [5, 5.41) is 0.476. The van der Waals surface area contributed by atoms with Crippen LogP contribution >= 0.6 is 11.8 Å². The molecule has 1 aliphatic rings. The minimum Gasteiger partial charge on any atom is -0.444 e. The molecule has 3 nitrogen and oxygen atoms in total. The summed E-state index contributed by atoms with van der Waals surface area (Å²) in [5.74, 6) is 0.957.